The Kier molecular flexibility index (Phi) is 3.88. The molecule has 0 atom stereocenters. The van der Waals surface area contributed by atoms with Crippen molar-refractivity contribution >= 4 is 11.7 Å². The van der Waals surface area contributed by atoms with Crippen molar-refractivity contribution in [2.45, 2.75) is 32.1 Å². The first kappa shape index (κ1) is 14.6. The van der Waals surface area contributed by atoms with Gasteiger partial charge in [-0.15, -0.1) is 0 Å². The van der Waals surface area contributed by atoms with E-state index in [4.69, 9.17) is 4.74 Å². The van der Waals surface area contributed by atoms with E-state index in [1.165, 1.54) is 0 Å². The molecule has 0 amide bonds. The molecule has 1 heterocycles. The van der Waals surface area contributed by atoms with Gasteiger partial charge >= 0.3 is 5.97 Å². The van der Waals surface area contributed by atoms with E-state index in [2.05, 4.69) is 18.8 Å². The molecule has 0 bridgehead atoms. The Labute approximate surface area is 119 Å². The molecule has 0 unspecified atom stereocenters. The Hall–Kier alpha value is -1.78. The van der Waals surface area contributed by atoms with Crippen LogP contribution < -0.4 is 9.64 Å². The van der Waals surface area contributed by atoms with Crippen LogP contribution in [0.3, 0.4) is 0 Å². The quantitative estimate of drug-likeness (QED) is 0.865. The number of hydrogen-bond donors (Lipinski definition) is 1. The van der Waals surface area contributed by atoms with Gasteiger partial charge < -0.3 is 14.7 Å². The normalized spacial score (nSPS) is 16.1. The lowest BCUT2D eigenvalue weighted by molar-refractivity contribution is -0.140. The van der Waals surface area contributed by atoms with Crippen molar-refractivity contribution in [1.82, 2.24) is 4.98 Å². The summed E-state index contributed by atoms with van der Waals surface area (Å²) in [6.45, 7) is 4.65. The van der Waals surface area contributed by atoms with Crippen LogP contribution in [0.15, 0.2) is 12.3 Å². The molecule has 1 aromatic rings. The van der Waals surface area contributed by atoms with Gasteiger partial charge in [0.2, 0.25) is 5.88 Å². The molecule has 5 nitrogen and oxygen atoms in total. The standard InChI is InChI=1S/C15H22N2O3/c1-10(2)9-20-13-12(15(5-6-15)14(18)19)7-11(8-16-13)17(3)4/h7-8,10H,5-6,9H2,1-4H3,(H,18,19). The van der Waals surface area contributed by atoms with Crippen LogP contribution in [0.25, 0.3) is 0 Å². The van der Waals surface area contributed by atoms with Crippen molar-refractivity contribution in [2.75, 3.05) is 25.6 Å². The van der Waals surface area contributed by atoms with E-state index in [0.717, 1.165) is 5.69 Å². The summed E-state index contributed by atoms with van der Waals surface area (Å²) in [5, 5.41) is 9.49. The number of nitrogens with zero attached hydrogens (tertiary/aromatic N) is 2. The number of anilines is 1. The maximum Gasteiger partial charge on any atom is 0.314 e. The third-order valence-corrected chi connectivity index (χ3v) is 3.58. The molecule has 1 aromatic heterocycles. The summed E-state index contributed by atoms with van der Waals surface area (Å²) in [5.41, 5.74) is 0.798. The van der Waals surface area contributed by atoms with Crippen LogP contribution in [0.1, 0.15) is 32.3 Å². The third-order valence-electron chi connectivity index (χ3n) is 3.58. The molecule has 0 spiro atoms. The van der Waals surface area contributed by atoms with Gasteiger partial charge in [-0.1, -0.05) is 13.8 Å². The molecule has 1 fully saturated rings. The van der Waals surface area contributed by atoms with E-state index in [9.17, 15) is 9.90 Å². The van der Waals surface area contributed by atoms with Gasteiger partial charge in [0.05, 0.1) is 23.9 Å². The minimum Gasteiger partial charge on any atom is -0.481 e. The summed E-state index contributed by atoms with van der Waals surface area (Å²) in [7, 11) is 3.82. The smallest absolute Gasteiger partial charge is 0.314 e. The fraction of sp³-hybridized carbons (Fsp3) is 0.600. The van der Waals surface area contributed by atoms with Crippen LogP contribution in [0.5, 0.6) is 5.88 Å². The molecule has 0 radical (unpaired) electrons. The Balaban J connectivity index is 2.39. The zero-order chi connectivity index (χ0) is 14.9. The maximum absolute atomic E-state index is 11.6. The summed E-state index contributed by atoms with van der Waals surface area (Å²) in [4.78, 5) is 17.8. The highest BCUT2D eigenvalue weighted by Crippen LogP contribution is 2.51. The van der Waals surface area contributed by atoms with Crippen LogP contribution in [-0.4, -0.2) is 36.8 Å². The maximum atomic E-state index is 11.6. The molecule has 1 aliphatic carbocycles. The van der Waals surface area contributed by atoms with Gasteiger partial charge in [-0.05, 0) is 24.8 Å². The average Bonchev–Trinajstić information content (AvgIpc) is 3.17. The number of carboxylic acids is 1. The third kappa shape index (κ3) is 2.71. The number of aliphatic carboxylic acids is 1. The summed E-state index contributed by atoms with van der Waals surface area (Å²) >= 11 is 0. The molecule has 1 N–H and O–H groups in total. The number of pyridine rings is 1. The second-order valence-electron chi connectivity index (χ2n) is 6.03. The number of ether oxygens (including phenoxy) is 1. The molecule has 0 aliphatic heterocycles. The summed E-state index contributed by atoms with van der Waals surface area (Å²) in [6, 6.07) is 1.89. The van der Waals surface area contributed by atoms with Crippen LogP contribution in [0.4, 0.5) is 5.69 Å². The van der Waals surface area contributed by atoms with Gasteiger partial charge in [0.1, 0.15) is 0 Å². The second kappa shape index (κ2) is 5.31. The Bertz CT molecular complexity index is 508. The topological polar surface area (TPSA) is 62.7 Å². The fourth-order valence-electron chi connectivity index (χ4n) is 2.11. The lowest BCUT2D eigenvalue weighted by Crippen LogP contribution is -2.22. The SMILES string of the molecule is CC(C)COc1ncc(N(C)C)cc1C1(C(=O)O)CC1. The number of carboxylic acid groups (broad SMARTS) is 1. The van der Waals surface area contributed by atoms with E-state index < -0.39 is 11.4 Å². The van der Waals surface area contributed by atoms with E-state index in [1.54, 1.807) is 6.20 Å². The minimum atomic E-state index is -0.800. The lowest BCUT2D eigenvalue weighted by atomic mass is 9.97. The van der Waals surface area contributed by atoms with E-state index in [0.29, 0.717) is 36.8 Å². The van der Waals surface area contributed by atoms with E-state index >= 15 is 0 Å². The van der Waals surface area contributed by atoms with Crippen molar-refractivity contribution in [3.05, 3.63) is 17.8 Å². The largest absolute Gasteiger partial charge is 0.481 e. The first-order valence-corrected chi connectivity index (χ1v) is 6.91. The highest BCUT2D eigenvalue weighted by atomic mass is 16.5. The molecule has 1 aliphatic rings. The molecular formula is C15H22N2O3. The Morgan fingerprint density at radius 3 is 2.60 bits per heavy atom. The van der Waals surface area contributed by atoms with Gasteiger partial charge in [-0.2, -0.15) is 0 Å². The first-order valence-electron chi connectivity index (χ1n) is 6.91. The molecular weight excluding hydrogens is 256 g/mol. The summed E-state index contributed by atoms with van der Waals surface area (Å²) < 4.78 is 5.72. The molecule has 1 saturated carbocycles. The minimum absolute atomic E-state index is 0.373. The number of hydrogen-bond acceptors (Lipinski definition) is 4. The molecule has 0 saturated heterocycles. The van der Waals surface area contributed by atoms with Gasteiger partial charge in [0.25, 0.3) is 0 Å². The van der Waals surface area contributed by atoms with Gasteiger partial charge in [0.15, 0.2) is 0 Å². The second-order valence-corrected chi connectivity index (χ2v) is 6.03. The first-order chi connectivity index (χ1) is 9.36. The molecule has 5 heteroatoms. The molecule has 0 aromatic carbocycles. The van der Waals surface area contributed by atoms with Crippen molar-refractivity contribution in [3.63, 3.8) is 0 Å². The van der Waals surface area contributed by atoms with Crippen LogP contribution in [0.2, 0.25) is 0 Å². The van der Waals surface area contributed by atoms with Crippen LogP contribution in [-0.2, 0) is 10.2 Å². The van der Waals surface area contributed by atoms with E-state index in [1.807, 2.05) is 25.1 Å². The summed E-state index contributed by atoms with van der Waals surface area (Å²) in [5.74, 6) is 0.0481. The number of rotatable bonds is 6. The van der Waals surface area contributed by atoms with Crippen molar-refractivity contribution < 1.29 is 14.6 Å². The average molecular weight is 278 g/mol. The van der Waals surface area contributed by atoms with Gasteiger partial charge in [-0.25, -0.2) is 4.98 Å². The molecule has 110 valence electrons. The lowest BCUT2D eigenvalue weighted by Gasteiger charge is -2.20. The zero-order valence-electron chi connectivity index (χ0n) is 12.5. The number of carbonyl (C=O) groups is 1. The van der Waals surface area contributed by atoms with Gasteiger partial charge in [0, 0.05) is 19.7 Å². The number of aromatic nitrogens is 1. The predicted molar refractivity (Wildman–Crippen MR) is 77.4 cm³/mol. The van der Waals surface area contributed by atoms with E-state index in [-0.39, 0.29) is 0 Å². The van der Waals surface area contributed by atoms with Gasteiger partial charge in [-0.3, -0.25) is 4.79 Å². The zero-order valence-corrected chi connectivity index (χ0v) is 12.5. The monoisotopic (exact) mass is 278 g/mol. The molecule has 2 rings (SSSR count). The summed E-state index contributed by atoms with van der Waals surface area (Å²) in [6.07, 6.45) is 3.02. The highest BCUT2D eigenvalue weighted by molar-refractivity contribution is 5.86. The predicted octanol–water partition coefficient (Wildman–Crippen LogP) is 2.30. The Morgan fingerprint density at radius 2 is 2.15 bits per heavy atom. The Morgan fingerprint density at radius 1 is 1.50 bits per heavy atom. The van der Waals surface area contributed by atoms with Crippen molar-refractivity contribution in [1.29, 1.82) is 0 Å². The molecule has 20 heavy (non-hydrogen) atoms. The van der Waals surface area contributed by atoms with Crippen LogP contribution >= 0.6 is 0 Å². The highest BCUT2D eigenvalue weighted by Gasteiger charge is 2.54. The van der Waals surface area contributed by atoms with Crippen LogP contribution in [0, 0.1) is 5.92 Å². The van der Waals surface area contributed by atoms with Crippen molar-refractivity contribution in [3.8, 4) is 5.88 Å². The fourth-order valence-corrected chi connectivity index (χ4v) is 2.11. The van der Waals surface area contributed by atoms with Crippen molar-refractivity contribution in [2.24, 2.45) is 5.92 Å².